The third-order valence-corrected chi connectivity index (χ3v) is 10.3. The average Bonchev–Trinajstić information content (AvgIpc) is 3.52. The van der Waals surface area contributed by atoms with Crippen LogP contribution in [0.3, 0.4) is 0 Å². The molecule has 2 unspecified atom stereocenters. The first-order valence-corrected chi connectivity index (χ1v) is 15.2. The number of rotatable bonds is 5. The lowest BCUT2D eigenvalue weighted by molar-refractivity contribution is -0.442. The van der Waals surface area contributed by atoms with Crippen LogP contribution < -0.4 is 4.74 Å². The van der Waals surface area contributed by atoms with Crippen molar-refractivity contribution in [1.29, 1.82) is 5.26 Å². The van der Waals surface area contributed by atoms with E-state index in [4.69, 9.17) is 31.0 Å². The van der Waals surface area contributed by atoms with Gasteiger partial charge in [-0.2, -0.15) is 10.2 Å². The van der Waals surface area contributed by atoms with Crippen LogP contribution in [0, 0.1) is 17.2 Å². The number of hydrogen-bond acceptors (Lipinski definition) is 6. The summed E-state index contributed by atoms with van der Waals surface area (Å²) in [5, 5.41) is 10.0. The molecule has 2 saturated heterocycles. The SMILES string of the molecule is N#CCC1CCC=[N+](c2nc(OC[C@@]34CCCN3C[C@H](F)C4)nc3c2COC2(CCc4c(Cl)cccc42)C3)CC1. The molecule has 40 heavy (non-hydrogen) atoms. The van der Waals surface area contributed by atoms with E-state index >= 15 is 0 Å². The van der Waals surface area contributed by atoms with Gasteiger partial charge in [0.25, 0.3) is 0 Å². The lowest BCUT2D eigenvalue weighted by Crippen LogP contribution is -2.43. The van der Waals surface area contributed by atoms with Crippen LogP contribution in [0.1, 0.15) is 73.8 Å². The van der Waals surface area contributed by atoms with E-state index in [9.17, 15) is 9.65 Å². The van der Waals surface area contributed by atoms with Gasteiger partial charge < -0.3 is 9.47 Å². The molecule has 0 radical (unpaired) electrons. The third-order valence-electron chi connectivity index (χ3n) is 9.97. The van der Waals surface area contributed by atoms with E-state index in [-0.39, 0.29) is 5.54 Å². The summed E-state index contributed by atoms with van der Waals surface area (Å²) in [7, 11) is 0. The molecule has 4 atom stereocenters. The van der Waals surface area contributed by atoms with E-state index in [0.717, 1.165) is 85.7 Å². The molecule has 1 spiro atoms. The molecule has 210 valence electrons. The Morgan fingerprint density at radius 1 is 1.25 bits per heavy atom. The van der Waals surface area contributed by atoms with E-state index in [1.165, 1.54) is 5.56 Å². The van der Waals surface area contributed by atoms with Crippen molar-refractivity contribution in [2.45, 2.75) is 88.1 Å². The standard InChI is InChI=1S/C31H36ClFN5O2/c32-26-6-1-5-25-23(26)7-11-31(25)17-27-24(19-40-31)28(37-13-2-4-21(8-12-34)9-15-37)36-29(35-27)39-20-30-10-3-14-38(30)18-22(33)16-30/h1,5-6,13,21-22H,2-4,7-11,14-20H2/q+1/t21?,22-,30+,31?/m1/s1. The Balaban J connectivity index is 1.23. The van der Waals surface area contributed by atoms with E-state index in [1.54, 1.807) is 0 Å². The summed E-state index contributed by atoms with van der Waals surface area (Å²) < 4.78 is 29.7. The second kappa shape index (κ2) is 10.3. The number of benzene rings is 1. The number of nitrogens with zero attached hydrogens (tertiary/aromatic N) is 5. The fourth-order valence-electron chi connectivity index (χ4n) is 7.85. The number of hydrogen-bond donors (Lipinski definition) is 0. The van der Waals surface area contributed by atoms with Crippen LogP contribution in [-0.2, 0) is 29.8 Å². The number of aromatic nitrogens is 2. The topological polar surface area (TPSA) is 74.3 Å². The van der Waals surface area contributed by atoms with Gasteiger partial charge in [0.1, 0.15) is 12.8 Å². The van der Waals surface area contributed by atoms with Crippen LogP contribution in [0.5, 0.6) is 6.01 Å². The first-order valence-electron chi connectivity index (χ1n) is 14.8. The second-order valence-electron chi connectivity index (χ2n) is 12.3. The summed E-state index contributed by atoms with van der Waals surface area (Å²) in [6.07, 6.45) is 9.73. The van der Waals surface area contributed by atoms with Gasteiger partial charge in [-0.25, -0.2) is 8.97 Å². The number of ether oxygens (including phenoxy) is 2. The fraction of sp³-hybridized carbons (Fsp3) is 0.613. The van der Waals surface area contributed by atoms with Gasteiger partial charge in [0.05, 0.1) is 47.8 Å². The number of halogens is 2. The lowest BCUT2D eigenvalue weighted by atomic mass is 9.87. The Labute approximate surface area is 240 Å². The summed E-state index contributed by atoms with van der Waals surface area (Å²) in [4.78, 5) is 12.2. The zero-order valence-electron chi connectivity index (χ0n) is 22.9. The summed E-state index contributed by atoms with van der Waals surface area (Å²) in [5.74, 6) is 1.23. The van der Waals surface area contributed by atoms with Crippen LogP contribution >= 0.6 is 11.6 Å². The smallest absolute Gasteiger partial charge is 0.434 e. The monoisotopic (exact) mass is 564 g/mol. The van der Waals surface area contributed by atoms with Gasteiger partial charge in [0, 0.05) is 42.2 Å². The number of nitriles is 1. The molecule has 0 N–H and O–H groups in total. The van der Waals surface area contributed by atoms with Crippen molar-refractivity contribution in [3.63, 3.8) is 0 Å². The van der Waals surface area contributed by atoms with Gasteiger partial charge >= 0.3 is 11.8 Å². The molecule has 1 aliphatic carbocycles. The van der Waals surface area contributed by atoms with Crippen LogP contribution in [0.4, 0.5) is 10.2 Å². The van der Waals surface area contributed by atoms with Gasteiger partial charge in [-0.3, -0.25) is 4.90 Å². The molecule has 0 bridgehead atoms. The molecule has 2 aromatic rings. The summed E-state index contributed by atoms with van der Waals surface area (Å²) in [6, 6.07) is 8.80. The molecule has 0 amide bonds. The van der Waals surface area contributed by atoms with Crippen molar-refractivity contribution in [3.05, 3.63) is 45.6 Å². The molecule has 1 aromatic heterocycles. The van der Waals surface area contributed by atoms with Gasteiger partial charge in [0.2, 0.25) is 0 Å². The minimum atomic E-state index is -0.803. The van der Waals surface area contributed by atoms with E-state index in [0.29, 0.717) is 50.9 Å². The third kappa shape index (κ3) is 4.51. The highest BCUT2D eigenvalue weighted by atomic mass is 35.5. The Bertz CT molecular complexity index is 1390. The predicted molar refractivity (Wildman–Crippen MR) is 149 cm³/mol. The number of alkyl halides is 1. The van der Waals surface area contributed by atoms with Crippen LogP contribution in [-0.4, -0.2) is 63.6 Å². The van der Waals surface area contributed by atoms with Crippen LogP contribution in [0.25, 0.3) is 0 Å². The Kier molecular flexibility index (Phi) is 6.80. The van der Waals surface area contributed by atoms with Crippen molar-refractivity contribution >= 4 is 23.6 Å². The minimum absolute atomic E-state index is 0.260. The highest BCUT2D eigenvalue weighted by molar-refractivity contribution is 6.31. The molecule has 1 aromatic carbocycles. The Hall–Kier alpha value is -2.60. The maximum absolute atomic E-state index is 14.4. The molecular weight excluding hydrogens is 529 g/mol. The molecule has 7 nitrogen and oxygen atoms in total. The van der Waals surface area contributed by atoms with E-state index in [1.807, 2.05) is 12.1 Å². The average molecular weight is 565 g/mol. The highest BCUT2D eigenvalue weighted by Gasteiger charge is 2.50. The number of fused-ring (bicyclic) bond motifs is 4. The van der Waals surface area contributed by atoms with E-state index < -0.39 is 11.8 Å². The first-order chi connectivity index (χ1) is 19.5. The van der Waals surface area contributed by atoms with Gasteiger partial charge in [-0.1, -0.05) is 23.7 Å². The Morgan fingerprint density at radius 3 is 3.08 bits per heavy atom. The Morgan fingerprint density at radius 2 is 2.17 bits per heavy atom. The van der Waals surface area contributed by atoms with Crippen molar-refractivity contribution in [1.82, 2.24) is 14.9 Å². The molecule has 0 saturated carbocycles. The van der Waals surface area contributed by atoms with Crippen molar-refractivity contribution in [2.75, 3.05) is 26.2 Å². The van der Waals surface area contributed by atoms with Gasteiger partial charge in [-0.05, 0) is 68.2 Å². The van der Waals surface area contributed by atoms with E-state index in [2.05, 4.69) is 27.8 Å². The normalized spacial score (nSPS) is 31.3. The zero-order chi connectivity index (χ0) is 27.3. The molecule has 5 aliphatic rings. The molecule has 7 rings (SSSR count). The zero-order valence-corrected chi connectivity index (χ0v) is 23.6. The van der Waals surface area contributed by atoms with Crippen molar-refractivity contribution in [2.24, 2.45) is 5.92 Å². The lowest BCUT2D eigenvalue weighted by Gasteiger charge is -2.35. The van der Waals surface area contributed by atoms with Gasteiger partial charge in [0.15, 0.2) is 0 Å². The molecular formula is C31H36ClFN5O2+. The van der Waals surface area contributed by atoms with Crippen LogP contribution in [0.15, 0.2) is 18.2 Å². The maximum Gasteiger partial charge on any atom is 0.434 e. The van der Waals surface area contributed by atoms with Crippen molar-refractivity contribution in [3.8, 4) is 12.1 Å². The largest absolute Gasteiger partial charge is 0.443 e. The quantitative estimate of drug-likeness (QED) is 0.451. The summed E-state index contributed by atoms with van der Waals surface area (Å²) in [5.41, 5.74) is 3.59. The molecule has 5 heterocycles. The summed E-state index contributed by atoms with van der Waals surface area (Å²) in [6.45, 7) is 3.03. The molecule has 4 aliphatic heterocycles. The second-order valence-corrected chi connectivity index (χ2v) is 12.7. The molecule has 2 fully saturated rings. The predicted octanol–water partition coefficient (Wildman–Crippen LogP) is 5.43. The minimum Gasteiger partial charge on any atom is -0.443 e. The fourth-order valence-corrected chi connectivity index (χ4v) is 8.12. The van der Waals surface area contributed by atoms with Crippen molar-refractivity contribution < 1.29 is 18.4 Å². The first kappa shape index (κ1) is 26.3. The highest BCUT2D eigenvalue weighted by Crippen LogP contribution is 2.49. The maximum atomic E-state index is 14.4. The molecule has 9 heteroatoms. The van der Waals surface area contributed by atoms with Crippen LogP contribution in [0.2, 0.25) is 5.02 Å². The summed E-state index contributed by atoms with van der Waals surface area (Å²) >= 11 is 6.57. The van der Waals surface area contributed by atoms with Gasteiger partial charge in [-0.15, -0.1) is 0 Å².